The van der Waals surface area contributed by atoms with Gasteiger partial charge in [0.05, 0.1) is 11.8 Å². The molecule has 0 heterocycles. The zero-order valence-electron chi connectivity index (χ0n) is 7.56. The van der Waals surface area contributed by atoms with Crippen molar-refractivity contribution < 1.29 is 19.8 Å². The van der Waals surface area contributed by atoms with Gasteiger partial charge in [-0.3, -0.25) is 9.59 Å². The SMILES string of the molecule is CC1C(C(=O)O)CCCC1C(=O)O. The van der Waals surface area contributed by atoms with Crippen LogP contribution in [0.25, 0.3) is 0 Å². The molecular weight excluding hydrogens is 172 g/mol. The van der Waals surface area contributed by atoms with E-state index in [-0.39, 0.29) is 5.92 Å². The number of aliphatic carboxylic acids is 2. The Hall–Kier alpha value is -1.06. The zero-order chi connectivity index (χ0) is 10.0. The van der Waals surface area contributed by atoms with Crippen molar-refractivity contribution in [3.8, 4) is 0 Å². The lowest BCUT2D eigenvalue weighted by atomic mass is 9.73. The van der Waals surface area contributed by atoms with E-state index in [4.69, 9.17) is 10.2 Å². The number of carboxylic acids is 2. The van der Waals surface area contributed by atoms with Crippen LogP contribution in [-0.4, -0.2) is 22.2 Å². The summed E-state index contributed by atoms with van der Waals surface area (Å²) in [5.74, 6) is -2.93. The van der Waals surface area contributed by atoms with E-state index < -0.39 is 23.8 Å². The first kappa shape index (κ1) is 10.0. The Balaban J connectivity index is 2.71. The third-order valence-corrected chi connectivity index (χ3v) is 2.93. The highest BCUT2D eigenvalue weighted by molar-refractivity contribution is 5.74. The molecule has 1 saturated carbocycles. The van der Waals surface area contributed by atoms with Gasteiger partial charge in [0.1, 0.15) is 0 Å². The van der Waals surface area contributed by atoms with Gasteiger partial charge >= 0.3 is 11.9 Å². The third kappa shape index (κ3) is 1.99. The Labute approximate surface area is 76.6 Å². The molecule has 2 N–H and O–H groups in total. The normalized spacial score (nSPS) is 34.1. The summed E-state index contributed by atoms with van der Waals surface area (Å²) in [5.41, 5.74) is 0. The number of carboxylic acid groups (broad SMARTS) is 2. The molecule has 1 fully saturated rings. The van der Waals surface area contributed by atoms with Crippen LogP contribution in [-0.2, 0) is 9.59 Å². The zero-order valence-corrected chi connectivity index (χ0v) is 7.56. The first-order valence-electron chi connectivity index (χ1n) is 4.49. The number of rotatable bonds is 2. The second-order valence-corrected chi connectivity index (χ2v) is 3.68. The molecule has 1 rings (SSSR count). The van der Waals surface area contributed by atoms with Crippen LogP contribution in [0.4, 0.5) is 0 Å². The van der Waals surface area contributed by atoms with Gasteiger partial charge in [-0.15, -0.1) is 0 Å². The quantitative estimate of drug-likeness (QED) is 0.679. The minimum Gasteiger partial charge on any atom is -0.481 e. The molecule has 1 aliphatic carbocycles. The van der Waals surface area contributed by atoms with Crippen molar-refractivity contribution in [2.45, 2.75) is 26.2 Å². The molecule has 0 aliphatic heterocycles. The van der Waals surface area contributed by atoms with E-state index in [0.29, 0.717) is 19.3 Å². The monoisotopic (exact) mass is 186 g/mol. The summed E-state index contributed by atoms with van der Waals surface area (Å²) in [4.78, 5) is 21.5. The fraction of sp³-hybridized carbons (Fsp3) is 0.778. The van der Waals surface area contributed by atoms with E-state index in [1.807, 2.05) is 0 Å². The molecule has 2 unspecified atom stereocenters. The highest BCUT2D eigenvalue weighted by Crippen LogP contribution is 2.34. The van der Waals surface area contributed by atoms with Crippen molar-refractivity contribution in [1.82, 2.24) is 0 Å². The summed E-state index contributed by atoms with van der Waals surface area (Å²) in [6.45, 7) is 1.72. The fourth-order valence-electron chi connectivity index (χ4n) is 2.06. The van der Waals surface area contributed by atoms with Gasteiger partial charge < -0.3 is 10.2 Å². The molecule has 1 aliphatic rings. The van der Waals surface area contributed by atoms with Crippen LogP contribution in [0.5, 0.6) is 0 Å². The minimum atomic E-state index is -0.863. The van der Waals surface area contributed by atoms with Crippen molar-refractivity contribution in [1.29, 1.82) is 0 Å². The number of hydrogen-bond acceptors (Lipinski definition) is 2. The van der Waals surface area contributed by atoms with Gasteiger partial charge in [-0.2, -0.15) is 0 Å². The van der Waals surface area contributed by atoms with Crippen LogP contribution in [0.2, 0.25) is 0 Å². The van der Waals surface area contributed by atoms with Crippen LogP contribution < -0.4 is 0 Å². The molecular formula is C9H14O4. The third-order valence-electron chi connectivity index (χ3n) is 2.93. The Kier molecular flexibility index (Phi) is 2.90. The van der Waals surface area contributed by atoms with Gasteiger partial charge in [-0.05, 0) is 18.8 Å². The molecule has 0 radical (unpaired) electrons. The van der Waals surface area contributed by atoms with Gasteiger partial charge in [0, 0.05) is 0 Å². The van der Waals surface area contributed by atoms with E-state index in [2.05, 4.69) is 0 Å². The lowest BCUT2D eigenvalue weighted by molar-refractivity contribution is -0.151. The van der Waals surface area contributed by atoms with E-state index >= 15 is 0 Å². The Morgan fingerprint density at radius 3 is 1.77 bits per heavy atom. The van der Waals surface area contributed by atoms with Gasteiger partial charge in [0.25, 0.3) is 0 Å². The lowest BCUT2D eigenvalue weighted by Gasteiger charge is -2.30. The average Bonchev–Trinajstić information content (AvgIpc) is 2.03. The smallest absolute Gasteiger partial charge is 0.306 e. The Morgan fingerprint density at radius 2 is 1.46 bits per heavy atom. The van der Waals surface area contributed by atoms with Crippen molar-refractivity contribution in [2.24, 2.45) is 17.8 Å². The molecule has 2 atom stereocenters. The summed E-state index contributed by atoms with van der Waals surface area (Å²) < 4.78 is 0. The maximum Gasteiger partial charge on any atom is 0.306 e. The van der Waals surface area contributed by atoms with E-state index in [1.165, 1.54) is 0 Å². The van der Waals surface area contributed by atoms with Gasteiger partial charge in [0.2, 0.25) is 0 Å². The summed E-state index contributed by atoms with van der Waals surface area (Å²) in [6, 6.07) is 0. The van der Waals surface area contributed by atoms with Crippen molar-refractivity contribution in [3.63, 3.8) is 0 Å². The summed E-state index contributed by atoms with van der Waals surface area (Å²) in [5, 5.41) is 17.6. The van der Waals surface area contributed by atoms with E-state index in [1.54, 1.807) is 6.92 Å². The molecule has 0 aromatic heterocycles. The second kappa shape index (κ2) is 3.77. The number of hydrogen-bond donors (Lipinski definition) is 2. The van der Waals surface area contributed by atoms with Crippen molar-refractivity contribution >= 4 is 11.9 Å². The summed E-state index contributed by atoms with van der Waals surface area (Å²) in [7, 11) is 0. The fourth-order valence-corrected chi connectivity index (χ4v) is 2.06. The minimum absolute atomic E-state index is 0.247. The maximum atomic E-state index is 10.7. The molecule has 13 heavy (non-hydrogen) atoms. The first-order chi connectivity index (χ1) is 6.04. The van der Waals surface area contributed by atoms with Crippen LogP contribution >= 0.6 is 0 Å². The molecule has 4 nitrogen and oxygen atoms in total. The molecule has 0 amide bonds. The maximum absolute atomic E-state index is 10.7. The molecule has 0 bridgehead atoms. The second-order valence-electron chi connectivity index (χ2n) is 3.68. The summed E-state index contributed by atoms with van der Waals surface area (Å²) >= 11 is 0. The topological polar surface area (TPSA) is 74.6 Å². The molecule has 0 spiro atoms. The van der Waals surface area contributed by atoms with E-state index in [0.717, 1.165) is 0 Å². The predicted molar refractivity (Wildman–Crippen MR) is 45.3 cm³/mol. The molecule has 0 aromatic rings. The van der Waals surface area contributed by atoms with E-state index in [9.17, 15) is 9.59 Å². The number of carbonyl (C=O) groups is 2. The van der Waals surface area contributed by atoms with Gasteiger partial charge in [-0.1, -0.05) is 13.3 Å². The van der Waals surface area contributed by atoms with Gasteiger partial charge in [-0.25, -0.2) is 0 Å². The van der Waals surface area contributed by atoms with Crippen LogP contribution in [0, 0.1) is 17.8 Å². The lowest BCUT2D eigenvalue weighted by Crippen LogP contribution is -2.35. The first-order valence-corrected chi connectivity index (χ1v) is 4.49. The molecule has 0 aromatic carbocycles. The highest BCUT2D eigenvalue weighted by Gasteiger charge is 2.37. The largest absolute Gasteiger partial charge is 0.481 e. The van der Waals surface area contributed by atoms with Crippen molar-refractivity contribution in [2.75, 3.05) is 0 Å². The Bertz CT molecular complexity index is 202. The van der Waals surface area contributed by atoms with Crippen LogP contribution in [0.3, 0.4) is 0 Å². The standard InChI is InChI=1S/C9H14O4/c1-5-6(8(10)11)3-2-4-7(5)9(12)13/h5-7H,2-4H2,1H3,(H,10,11)(H,12,13). The van der Waals surface area contributed by atoms with Crippen LogP contribution in [0.15, 0.2) is 0 Å². The summed E-state index contributed by atoms with van der Waals surface area (Å²) in [6.07, 6.45) is 1.93. The molecule has 4 heteroatoms. The van der Waals surface area contributed by atoms with Gasteiger partial charge in [0.15, 0.2) is 0 Å². The predicted octanol–water partition coefficient (Wildman–Crippen LogP) is 1.21. The van der Waals surface area contributed by atoms with Crippen molar-refractivity contribution in [3.05, 3.63) is 0 Å². The molecule has 74 valence electrons. The molecule has 0 saturated heterocycles. The Morgan fingerprint density at radius 1 is 1.08 bits per heavy atom. The van der Waals surface area contributed by atoms with Crippen LogP contribution in [0.1, 0.15) is 26.2 Å². The average molecular weight is 186 g/mol. The highest BCUT2D eigenvalue weighted by atomic mass is 16.4.